The Bertz CT molecular complexity index is 1110. The van der Waals surface area contributed by atoms with Gasteiger partial charge in [0.25, 0.3) is 0 Å². The van der Waals surface area contributed by atoms with E-state index >= 15 is 0 Å². The highest BCUT2D eigenvalue weighted by molar-refractivity contribution is 5.79. The predicted molar refractivity (Wildman–Crippen MR) is 107 cm³/mol. The molecule has 1 heterocycles. The van der Waals surface area contributed by atoms with E-state index in [4.69, 9.17) is 4.42 Å². The number of benzene rings is 3. The number of rotatable bonds is 3. The number of nitrogens with zero attached hydrogens (tertiary/aromatic N) is 1. The molecule has 0 aliphatic carbocycles. The minimum atomic E-state index is 0.801. The molecule has 3 heteroatoms. The van der Waals surface area contributed by atoms with Crippen LogP contribution in [0.4, 0.5) is 5.69 Å². The number of fused-ring (bicyclic) bond motifs is 1. The first-order valence-electron chi connectivity index (χ1n) is 8.65. The first kappa shape index (κ1) is 16.2. The Morgan fingerprint density at radius 2 is 1.50 bits per heavy atom. The molecule has 4 aromatic rings. The SMILES string of the molecule is Cc1ccc(-c2c/c(=N\Nc3ccccc3)c3cc(C)ccc3o2)cc1. The van der Waals surface area contributed by atoms with Crippen LogP contribution in [0.2, 0.25) is 0 Å². The summed E-state index contributed by atoms with van der Waals surface area (Å²) in [5, 5.41) is 6.49. The molecule has 0 aliphatic heterocycles. The Labute approximate surface area is 152 Å². The van der Waals surface area contributed by atoms with Crippen molar-refractivity contribution >= 4 is 16.7 Å². The molecule has 1 N–H and O–H groups in total. The summed E-state index contributed by atoms with van der Waals surface area (Å²) in [7, 11) is 0. The zero-order valence-electron chi connectivity index (χ0n) is 14.9. The van der Waals surface area contributed by atoms with Gasteiger partial charge in [-0.05, 0) is 38.1 Å². The van der Waals surface area contributed by atoms with Crippen LogP contribution < -0.4 is 10.8 Å². The van der Waals surface area contributed by atoms with Gasteiger partial charge in [-0.1, -0.05) is 59.7 Å². The molecule has 3 aromatic carbocycles. The predicted octanol–water partition coefficient (Wildman–Crippen LogP) is 5.64. The zero-order valence-corrected chi connectivity index (χ0v) is 14.9. The summed E-state index contributed by atoms with van der Waals surface area (Å²) >= 11 is 0. The van der Waals surface area contributed by atoms with Crippen LogP contribution in [0.3, 0.4) is 0 Å². The van der Waals surface area contributed by atoms with E-state index in [1.165, 1.54) is 11.1 Å². The van der Waals surface area contributed by atoms with Crippen molar-refractivity contribution in [1.82, 2.24) is 0 Å². The molecule has 0 spiro atoms. The van der Waals surface area contributed by atoms with Crippen LogP contribution in [0.5, 0.6) is 0 Å². The second-order valence-corrected chi connectivity index (χ2v) is 6.45. The van der Waals surface area contributed by atoms with Crippen LogP contribution in [-0.2, 0) is 0 Å². The maximum absolute atomic E-state index is 6.15. The van der Waals surface area contributed by atoms with E-state index in [1.54, 1.807) is 0 Å². The largest absolute Gasteiger partial charge is 0.456 e. The van der Waals surface area contributed by atoms with E-state index in [1.807, 2.05) is 42.5 Å². The molecule has 0 atom stereocenters. The van der Waals surface area contributed by atoms with Gasteiger partial charge in [0.1, 0.15) is 11.3 Å². The molecule has 0 radical (unpaired) electrons. The number of hydrogen-bond acceptors (Lipinski definition) is 3. The molecule has 0 saturated heterocycles. The zero-order chi connectivity index (χ0) is 17.9. The van der Waals surface area contributed by atoms with Crippen LogP contribution >= 0.6 is 0 Å². The van der Waals surface area contributed by atoms with Crippen LogP contribution in [0.1, 0.15) is 11.1 Å². The lowest BCUT2D eigenvalue weighted by molar-refractivity contribution is 0.618. The second kappa shape index (κ2) is 6.89. The third-order valence-corrected chi connectivity index (χ3v) is 4.31. The molecule has 0 bridgehead atoms. The molecular formula is C23H20N2O. The number of aryl methyl sites for hydroxylation is 2. The van der Waals surface area contributed by atoms with Crippen molar-refractivity contribution in [2.45, 2.75) is 13.8 Å². The summed E-state index contributed by atoms with van der Waals surface area (Å²) in [6, 6.07) is 26.4. The molecule has 0 saturated carbocycles. The molecular weight excluding hydrogens is 320 g/mol. The van der Waals surface area contributed by atoms with Crippen LogP contribution in [0, 0.1) is 13.8 Å². The topological polar surface area (TPSA) is 37.5 Å². The Hall–Kier alpha value is -3.33. The Kier molecular flexibility index (Phi) is 4.28. The maximum atomic E-state index is 6.15. The van der Waals surface area contributed by atoms with Gasteiger partial charge in [0.15, 0.2) is 0 Å². The van der Waals surface area contributed by atoms with E-state index in [2.05, 4.69) is 60.8 Å². The fourth-order valence-electron chi connectivity index (χ4n) is 2.87. The second-order valence-electron chi connectivity index (χ2n) is 6.45. The lowest BCUT2D eigenvalue weighted by atomic mass is 10.1. The molecule has 4 rings (SSSR count). The molecule has 128 valence electrons. The molecule has 3 nitrogen and oxygen atoms in total. The fraction of sp³-hybridized carbons (Fsp3) is 0.0870. The third-order valence-electron chi connectivity index (χ3n) is 4.31. The molecule has 0 fully saturated rings. The molecule has 1 aromatic heterocycles. The van der Waals surface area contributed by atoms with Gasteiger partial charge in [-0.15, -0.1) is 0 Å². The van der Waals surface area contributed by atoms with E-state index in [0.29, 0.717) is 0 Å². The molecule has 26 heavy (non-hydrogen) atoms. The lowest BCUT2D eigenvalue weighted by Gasteiger charge is -2.07. The number of hydrogen-bond donors (Lipinski definition) is 1. The number of nitrogens with one attached hydrogen (secondary N) is 1. The van der Waals surface area contributed by atoms with Crippen molar-refractivity contribution in [3.63, 3.8) is 0 Å². The maximum Gasteiger partial charge on any atom is 0.136 e. The van der Waals surface area contributed by atoms with Gasteiger partial charge in [0.2, 0.25) is 0 Å². The highest BCUT2D eigenvalue weighted by atomic mass is 16.3. The lowest BCUT2D eigenvalue weighted by Crippen LogP contribution is -2.07. The monoisotopic (exact) mass is 340 g/mol. The van der Waals surface area contributed by atoms with Crippen molar-refractivity contribution in [2.75, 3.05) is 5.43 Å². The number of para-hydroxylation sites is 1. The highest BCUT2D eigenvalue weighted by Crippen LogP contribution is 2.23. The Morgan fingerprint density at radius 3 is 2.27 bits per heavy atom. The molecule has 0 unspecified atom stereocenters. The number of anilines is 1. The van der Waals surface area contributed by atoms with Gasteiger partial charge >= 0.3 is 0 Å². The van der Waals surface area contributed by atoms with Gasteiger partial charge < -0.3 is 4.42 Å². The van der Waals surface area contributed by atoms with Gasteiger partial charge in [0.05, 0.1) is 11.0 Å². The smallest absolute Gasteiger partial charge is 0.136 e. The summed E-state index contributed by atoms with van der Waals surface area (Å²) in [6.45, 7) is 4.15. The minimum Gasteiger partial charge on any atom is -0.456 e. The third kappa shape index (κ3) is 3.38. The summed E-state index contributed by atoms with van der Waals surface area (Å²) in [4.78, 5) is 0. The molecule has 0 amide bonds. The van der Waals surface area contributed by atoms with E-state index < -0.39 is 0 Å². The first-order chi connectivity index (χ1) is 12.7. The van der Waals surface area contributed by atoms with Crippen molar-refractivity contribution in [1.29, 1.82) is 0 Å². The van der Waals surface area contributed by atoms with Gasteiger partial charge in [-0.25, -0.2) is 0 Å². The van der Waals surface area contributed by atoms with E-state index in [9.17, 15) is 0 Å². The fourth-order valence-corrected chi connectivity index (χ4v) is 2.87. The minimum absolute atomic E-state index is 0.801. The average molecular weight is 340 g/mol. The van der Waals surface area contributed by atoms with Crippen molar-refractivity contribution in [3.8, 4) is 11.3 Å². The Balaban J connectivity index is 1.88. The quantitative estimate of drug-likeness (QED) is 0.490. The van der Waals surface area contributed by atoms with E-state index in [-0.39, 0.29) is 0 Å². The standard InChI is InChI=1S/C23H20N2O/c1-16-8-11-18(12-9-16)23-15-21(25-24-19-6-4-3-5-7-19)20-14-17(2)10-13-22(20)26-23/h3-15,24H,1-2H3/b25-21+. The van der Waals surface area contributed by atoms with Gasteiger partial charge in [-0.2, -0.15) is 5.10 Å². The van der Waals surface area contributed by atoms with Crippen molar-refractivity contribution in [3.05, 3.63) is 95.3 Å². The van der Waals surface area contributed by atoms with Crippen LogP contribution in [0.15, 0.2) is 88.4 Å². The highest BCUT2D eigenvalue weighted by Gasteiger charge is 2.06. The summed E-state index contributed by atoms with van der Waals surface area (Å²) in [5.74, 6) is 0.801. The van der Waals surface area contributed by atoms with Crippen molar-refractivity contribution in [2.24, 2.45) is 5.10 Å². The van der Waals surface area contributed by atoms with Gasteiger partial charge in [-0.3, -0.25) is 5.43 Å². The van der Waals surface area contributed by atoms with E-state index in [0.717, 1.165) is 33.3 Å². The molecule has 0 aliphatic rings. The van der Waals surface area contributed by atoms with Crippen molar-refractivity contribution < 1.29 is 4.42 Å². The summed E-state index contributed by atoms with van der Waals surface area (Å²) in [6.07, 6.45) is 0. The summed E-state index contributed by atoms with van der Waals surface area (Å²) in [5.41, 5.74) is 8.35. The van der Waals surface area contributed by atoms with Gasteiger partial charge in [0, 0.05) is 17.0 Å². The first-order valence-corrected chi connectivity index (χ1v) is 8.65. The average Bonchev–Trinajstić information content (AvgIpc) is 2.67. The van der Waals surface area contributed by atoms with Crippen LogP contribution in [0.25, 0.3) is 22.3 Å². The van der Waals surface area contributed by atoms with Crippen LogP contribution in [-0.4, -0.2) is 0 Å². The Morgan fingerprint density at radius 1 is 0.769 bits per heavy atom. The summed E-state index contributed by atoms with van der Waals surface area (Å²) < 4.78 is 6.15. The normalized spacial score (nSPS) is 11.7.